The standard InChI is InChI=1S/C22H25N3O3S2/c1-15(2)24-30(27,28)18-12-9-17(10-13-18)11-14-21(26)25(4)16(3)22-23-19-7-5-6-8-20(19)29-22/h5-16,24H,1-4H3/b14-11+. The molecule has 0 fully saturated rings. The van der Waals surface area contributed by atoms with Gasteiger partial charge in [0.15, 0.2) is 0 Å². The first-order chi connectivity index (χ1) is 14.2. The lowest BCUT2D eigenvalue weighted by molar-refractivity contribution is -0.126. The van der Waals surface area contributed by atoms with Crippen molar-refractivity contribution in [3.8, 4) is 0 Å². The number of carbonyl (C=O) groups is 1. The highest BCUT2D eigenvalue weighted by atomic mass is 32.2. The monoisotopic (exact) mass is 443 g/mol. The van der Waals surface area contributed by atoms with E-state index >= 15 is 0 Å². The van der Waals surface area contributed by atoms with Crippen molar-refractivity contribution in [2.24, 2.45) is 0 Å². The minimum atomic E-state index is -3.53. The molecule has 1 amide bonds. The number of hydrogen-bond donors (Lipinski definition) is 1. The number of carbonyl (C=O) groups excluding carboxylic acids is 1. The van der Waals surface area contributed by atoms with Crippen molar-refractivity contribution in [3.05, 3.63) is 65.2 Å². The molecule has 30 heavy (non-hydrogen) atoms. The molecular formula is C22H25N3O3S2. The molecule has 1 aromatic heterocycles. The molecule has 3 aromatic rings. The molecular weight excluding hydrogens is 418 g/mol. The van der Waals surface area contributed by atoms with Gasteiger partial charge < -0.3 is 4.90 Å². The highest BCUT2D eigenvalue weighted by Gasteiger charge is 2.19. The average Bonchev–Trinajstić information content (AvgIpc) is 3.14. The molecule has 0 radical (unpaired) electrons. The molecule has 0 saturated heterocycles. The van der Waals surface area contributed by atoms with Gasteiger partial charge in [-0.05, 0) is 56.7 Å². The largest absolute Gasteiger partial charge is 0.333 e. The Morgan fingerprint density at radius 1 is 1.10 bits per heavy atom. The predicted molar refractivity (Wildman–Crippen MR) is 122 cm³/mol. The summed E-state index contributed by atoms with van der Waals surface area (Å²) in [5.41, 5.74) is 1.68. The molecule has 1 unspecified atom stereocenters. The van der Waals surface area contributed by atoms with Gasteiger partial charge in [0.2, 0.25) is 15.9 Å². The summed E-state index contributed by atoms with van der Waals surface area (Å²) in [6.07, 6.45) is 3.16. The maximum atomic E-state index is 12.6. The summed E-state index contributed by atoms with van der Waals surface area (Å²) in [5, 5.41) is 0.882. The van der Waals surface area contributed by atoms with Crippen molar-refractivity contribution in [2.75, 3.05) is 7.05 Å². The number of nitrogens with zero attached hydrogens (tertiary/aromatic N) is 2. The molecule has 1 N–H and O–H groups in total. The number of likely N-dealkylation sites (N-methyl/N-ethyl adjacent to an activating group) is 1. The second kappa shape index (κ2) is 9.07. The Balaban J connectivity index is 1.68. The van der Waals surface area contributed by atoms with Crippen LogP contribution >= 0.6 is 11.3 Å². The fourth-order valence-electron chi connectivity index (χ4n) is 2.85. The number of aromatic nitrogens is 1. The molecule has 3 rings (SSSR count). The highest BCUT2D eigenvalue weighted by molar-refractivity contribution is 7.89. The van der Waals surface area contributed by atoms with Gasteiger partial charge in [0.25, 0.3) is 0 Å². The molecule has 0 aliphatic carbocycles. The Morgan fingerprint density at radius 2 is 1.77 bits per heavy atom. The second-order valence-electron chi connectivity index (χ2n) is 7.32. The number of amides is 1. The molecule has 0 aliphatic rings. The zero-order valence-electron chi connectivity index (χ0n) is 17.4. The lowest BCUT2D eigenvalue weighted by Gasteiger charge is -2.21. The molecule has 1 atom stereocenters. The number of rotatable bonds is 7. The van der Waals surface area contributed by atoms with Crippen LogP contribution in [0.3, 0.4) is 0 Å². The zero-order valence-corrected chi connectivity index (χ0v) is 19.0. The van der Waals surface area contributed by atoms with Gasteiger partial charge in [-0.3, -0.25) is 4.79 Å². The Hall–Kier alpha value is -2.55. The van der Waals surface area contributed by atoms with E-state index in [1.807, 2.05) is 31.2 Å². The zero-order chi connectivity index (χ0) is 21.9. The quantitative estimate of drug-likeness (QED) is 0.555. The van der Waals surface area contributed by atoms with Gasteiger partial charge in [0.1, 0.15) is 5.01 Å². The summed E-state index contributed by atoms with van der Waals surface area (Å²) in [6.45, 7) is 5.49. The molecule has 8 heteroatoms. The number of sulfonamides is 1. The fourth-order valence-corrected chi connectivity index (χ4v) is 5.16. The topological polar surface area (TPSA) is 79.4 Å². The minimum absolute atomic E-state index is 0.153. The van der Waals surface area contributed by atoms with Crippen LogP contribution in [-0.4, -0.2) is 37.3 Å². The molecule has 158 valence electrons. The Morgan fingerprint density at radius 3 is 2.40 bits per heavy atom. The maximum absolute atomic E-state index is 12.6. The smallest absolute Gasteiger partial charge is 0.246 e. The number of thiazole rings is 1. The molecule has 0 bridgehead atoms. The van der Waals surface area contributed by atoms with E-state index < -0.39 is 10.0 Å². The summed E-state index contributed by atoms with van der Waals surface area (Å²) in [6, 6.07) is 14.0. The summed E-state index contributed by atoms with van der Waals surface area (Å²) in [7, 11) is -1.78. The van der Waals surface area contributed by atoms with Gasteiger partial charge in [-0.25, -0.2) is 18.1 Å². The minimum Gasteiger partial charge on any atom is -0.333 e. The lowest BCUT2D eigenvalue weighted by Crippen LogP contribution is -2.30. The number of benzene rings is 2. The molecule has 1 heterocycles. The van der Waals surface area contributed by atoms with Crippen molar-refractivity contribution in [1.82, 2.24) is 14.6 Å². The van der Waals surface area contributed by atoms with Crippen LogP contribution in [-0.2, 0) is 14.8 Å². The Kier molecular flexibility index (Phi) is 6.70. The first kappa shape index (κ1) is 22.1. The number of para-hydroxylation sites is 1. The first-order valence-corrected chi connectivity index (χ1v) is 11.9. The van der Waals surface area contributed by atoms with Crippen molar-refractivity contribution >= 4 is 43.6 Å². The summed E-state index contributed by atoms with van der Waals surface area (Å²) in [5.74, 6) is -0.153. The van der Waals surface area contributed by atoms with Gasteiger partial charge in [0.05, 0.1) is 21.2 Å². The SMILES string of the molecule is CC(C)NS(=O)(=O)c1ccc(/C=C/C(=O)N(C)C(C)c2nc3ccccc3s2)cc1. The van der Waals surface area contributed by atoms with Gasteiger partial charge >= 0.3 is 0 Å². The first-order valence-electron chi connectivity index (χ1n) is 9.60. The summed E-state index contributed by atoms with van der Waals surface area (Å²) >= 11 is 1.58. The van der Waals surface area contributed by atoms with Crippen LogP contribution in [0.5, 0.6) is 0 Å². The molecule has 6 nitrogen and oxygen atoms in total. The number of hydrogen-bond acceptors (Lipinski definition) is 5. The van der Waals surface area contributed by atoms with Crippen LogP contribution < -0.4 is 4.72 Å². The van der Waals surface area contributed by atoms with E-state index in [9.17, 15) is 13.2 Å². The van der Waals surface area contributed by atoms with Gasteiger partial charge in [-0.2, -0.15) is 0 Å². The molecule has 0 saturated carbocycles. The van der Waals surface area contributed by atoms with Crippen molar-refractivity contribution < 1.29 is 13.2 Å². The Labute approximate surface area is 181 Å². The van der Waals surface area contributed by atoms with Crippen LogP contribution in [0.2, 0.25) is 0 Å². The van der Waals surface area contributed by atoms with Crippen molar-refractivity contribution in [2.45, 2.75) is 37.8 Å². The molecule has 2 aromatic carbocycles. The van der Waals surface area contributed by atoms with Gasteiger partial charge in [0, 0.05) is 19.2 Å². The van der Waals surface area contributed by atoms with Crippen molar-refractivity contribution in [3.63, 3.8) is 0 Å². The predicted octanol–water partition coefficient (Wildman–Crippen LogP) is 4.22. The van der Waals surface area contributed by atoms with Crippen LogP contribution in [0, 0.1) is 0 Å². The fraction of sp³-hybridized carbons (Fsp3) is 0.273. The van der Waals surface area contributed by atoms with E-state index in [2.05, 4.69) is 9.71 Å². The van der Waals surface area contributed by atoms with E-state index in [0.717, 1.165) is 20.8 Å². The third-order valence-electron chi connectivity index (χ3n) is 4.60. The van der Waals surface area contributed by atoms with E-state index in [-0.39, 0.29) is 22.9 Å². The summed E-state index contributed by atoms with van der Waals surface area (Å²) in [4.78, 5) is 19.1. The van der Waals surface area contributed by atoms with E-state index in [1.54, 1.807) is 55.3 Å². The lowest BCUT2D eigenvalue weighted by atomic mass is 10.2. The third kappa shape index (κ3) is 5.13. The van der Waals surface area contributed by atoms with Crippen LogP contribution in [0.1, 0.15) is 37.4 Å². The van der Waals surface area contributed by atoms with Crippen LogP contribution in [0.25, 0.3) is 16.3 Å². The second-order valence-corrected chi connectivity index (χ2v) is 10.1. The third-order valence-corrected chi connectivity index (χ3v) is 7.48. The van der Waals surface area contributed by atoms with Crippen LogP contribution in [0.15, 0.2) is 59.5 Å². The van der Waals surface area contributed by atoms with E-state index in [0.29, 0.717) is 0 Å². The van der Waals surface area contributed by atoms with Gasteiger partial charge in [-0.1, -0.05) is 24.3 Å². The molecule has 0 aliphatic heterocycles. The number of fused-ring (bicyclic) bond motifs is 1. The van der Waals surface area contributed by atoms with E-state index in [1.165, 1.54) is 18.2 Å². The summed E-state index contributed by atoms with van der Waals surface area (Å²) < 4.78 is 28.0. The molecule has 0 spiro atoms. The normalized spacial score (nSPS) is 13.2. The highest BCUT2D eigenvalue weighted by Crippen LogP contribution is 2.29. The van der Waals surface area contributed by atoms with Crippen LogP contribution in [0.4, 0.5) is 0 Å². The average molecular weight is 444 g/mol. The maximum Gasteiger partial charge on any atom is 0.246 e. The Bertz CT molecular complexity index is 1130. The number of nitrogens with one attached hydrogen (secondary N) is 1. The van der Waals surface area contributed by atoms with E-state index in [4.69, 9.17) is 0 Å². The van der Waals surface area contributed by atoms with Gasteiger partial charge in [-0.15, -0.1) is 11.3 Å². The van der Waals surface area contributed by atoms with Crippen molar-refractivity contribution in [1.29, 1.82) is 0 Å².